The summed E-state index contributed by atoms with van der Waals surface area (Å²) in [7, 11) is -1.48. The SMILES string of the molecule is CN=C(NCCCNS(C)(=O)=O)NC1CN(C(=O)OC(C)(C)C)C1. The third-order valence-corrected chi connectivity index (χ3v) is 3.84. The van der Waals surface area contributed by atoms with Gasteiger partial charge in [-0.05, 0) is 27.2 Å². The first-order valence-corrected chi connectivity index (χ1v) is 9.79. The summed E-state index contributed by atoms with van der Waals surface area (Å²) in [4.78, 5) is 17.6. The molecule has 0 aliphatic carbocycles. The average Bonchev–Trinajstić information content (AvgIpc) is 2.35. The van der Waals surface area contributed by atoms with E-state index < -0.39 is 15.6 Å². The Hall–Kier alpha value is -1.55. The lowest BCUT2D eigenvalue weighted by molar-refractivity contribution is 0.00701. The van der Waals surface area contributed by atoms with E-state index in [0.717, 1.165) is 6.26 Å². The van der Waals surface area contributed by atoms with Gasteiger partial charge in [0.1, 0.15) is 5.60 Å². The summed E-state index contributed by atoms with van der Waals surface area (Å²) in [6.07, 6.45) is 1.46. The number of carbonyl (C=O) groups is 1. The van der Waals surface area contributed by atoms with E-state index in [4.69, 9.17) is 4.74 Å². The Kier molecular flexibility index (Phi) is 7.27. The smallest absolute Gasteiger partial charge is 0.410 e. The lowest BCUT2D eigenvalue weighted by Crippen LogP contribution is -2.63. The van der Waals surface area contributed by atoms with E-state index in [2.05, 4.69) is 20.3 Å². The highest BCUT2D eigenvalue weighted by Gasteiger charge is 2.34. The third-order valence-electron chi connectivity index (χ3n) is 3.11. The number of amides is 1. The van der Waals surface area contributed by atoms with Gasteiger partial charge in [0.25, 0.3) is 0 Å². The van der Waals surface area contributed by atoms with Crippen LogP contribution in [0.4, 0.5) is 4.79 Å². The van der Waals surface area contributed by atoms with E-state index in [1.807, 2.05) is 20.8 Å². The Bertz CT molecular complexity index is 550. The minimum absolute atomic E-state index is 0.123. The van der Waals surface area contributed by atoms with Gasteiger partial charge in [-0.2, -0.15) is 0 Å². The molecule has 0 aromatic rings. The number of sulfonamides is 1. The number of likely N-dealkylation sites (tertiary alicyclic amines) is 1. The Morgan fingerprint density at radius 1 is 1.29 bits per heavy atom. The number of hydrogen-bond acceptors (Lipinski definition) is 5. The van der Waals surface area contributed by atoms with Gasteiger partial charge in [-0.25, -0.2) is 17.9 Å². The molecule has 140 valence electrons. The number of nitrogens with zero attached hydrogens (tertiary/aromatic N) is 2. The second kappa shape index (κ2) is 8.52. The van der Waals surface area contributed by atoms with Crippen molar-refractivity contribution >= 4 is 22.1 Å². The molecule has 0 radical (unpaired) electrons. The van der Waals surface area contributed by atoms with Gasteiger partial charge < -0.3 is 20.3 Å². The number of hydrogen-bond donors (Lipinski definition) is 3. The molecule has 0 saturated carbocycles. The van der Waals surface area contributed by atoms with Crippen molar-refractivity contribution in [3.8, 4) is 0 Å². The zero-order valence-corrected chi connectivity index (χ0v) is 15.9. The monoisotopic (exact) mass is 363 g/mol. The van der Waals surface area contributed by atoms with Crippen molar-refractivity contribution in [3.05, 3.63) is 0 Å². The Morgan fingerprint density at radius 2 is 1.92 bits per heavy atom. The number of ether oxygens (including phenoxy) is 1. The molecule has 0 aromatic heterocycles. The van der Waals surface area contributed by atoms with Gasteiger partial charge in [0.05, 0.1) is 12.3 Å². The molecular formula is C14H29N5O4S. The van der Waals surface area contributed by atoms with Crippen molar-refractivity contribution in [1.82, 2.24) is 20.3 Å². The summed E-state index contributed by atoms with van der Waals surface area (Å²) in [5.41, 5.74) is -0.493. The molecule has 9 nitrogen and oxygen atoms in total. The average molecular weight is 363 g/mol. The van der Waals surface area contributed by atoms with Gasteiger partial charge in [0.15, 0.2) is 5.96 Å². The van der Waals surface area contributed by atoms with Crippen molar-refractivity contribution in [3.63, 3.8) is 0 Å². The summed E-state index contributed by atoms with van der Waals surface area (Å²) < 4.78 is 29.6. The van der Waals surface area contributed by atoms with Crippen molar-refractivity contribution in [2.24, 2.45) is 4.99 Å². The molecule has 24 heavy (non-hydrogen) atoms. The van der Waals surface area contributed by atoms with Crippen LogP contribution in [0.5, 0.6) is 0 Å². The molecule has 1 aliphatic heterocycles. The third kappa shape index (κ3) is 8.34. The summed E-state index contributed by atoms with van der Waals surface area (Å²) in [6.45, 7) is 7.60. The van der Waals surface area contributed by atoms with E-state index in [-0.39, 0.29) is 12.1 Å². The molecule has 0 aromatic carbocycles. The quantitative estimate of drug-likeness (QED) is 0.340. The fraction of sp³-hybridized carbons (Fsp3) is 0.857. The Balaban J connectivity index is 2.21. The summed E-state index contributed by atoms with van der Waals surface area (Å²) in [6, 6.07) is 0.123. The predicted molar refractivity (Wildman–Crippen MR) is 93.6 cm³/mol. The van der Waals surface area contributed by atoms with Crippen LogP contribution in [0.25, 0.3) is 0 Å². The molecule has 1 heterocycles. The van der Waals surface area contributed by atoms with Gasteiger partial charge >= 0.3 is 6.09 Å². The number of rotatable bonds is 6. The van der Waals surface area contributed by atoms with Crippen molar-refractivity contribution in [2.75, 3.05) is 39.5 Å². The van der Waals surface area contributed by atoms with Crippen LogP contribution in [0.3, 0.4) is 0 Å². The van der Waals surface area contributed by atoms with E-state index in [1.165, 1.54) is 0 Å². The highest BCUT2D eigenvalue weighted by molar-refractivity contribution is 7.88. The highest BCUT2D eigenvalue weighted by atomic mass is 32.2. The van der Waals surface area contributed by atoms with Crippen molar-refractivity contribution in [1.29, 1.82) is 0 Å². The first-order valence-electron chi connectivity index (χ1n) is 7.90. The normalized spacial score (nSPS) is 16.5. The van der Waals surface area contributed by atoms with Crippen LogP contribution in [0, 0.1) is 0 Å². The standard InChI is InChI=1S/C14H29N5O4S/c1-14(2,3)23-13(20)19-9-11(10-19)18-12(15-4)16-7-6-8-17-24(5,21)22/h11,17H,6-10H2,1-5H3,(H2,15,16,18). The van der Waals surface area contributed by atoms with Gasteiger partial charge in [-0.3, -0.25) is 4.99 Å². The van der Waals surface area contributed by atoms with E-state index in [1.54, 1.807) is 11.9 Å². The van der Waals surface area contributed by atoms with E-state index in [0.29, 0.717) is 38.6 Å². The minimum Gasteiger partial charge on any atom is -0.444 e. The van der Waals surface area contributed by atoms with Gasteiger partial charge in [0, 0.05) is 33.2 Å². The fourth-order valence-electron chi connectivity index (χ4n) is 1.99. The van der Waals surface area contributed by atoms with Crippen LogP contribution < -0.4 is 15.4 Å². The topological polar surface area (TPSA) is 112 Å². The van der Waals surface area contributed by atoms with Crippen LogP contribution in [0.1, 0.15) is 27.2 Å². The number of carbonyl (C=O) groups excluding carboxylic acids is 1. The van der Waals surface area contributed by atoms with Crippen molar-refractivity contribution < 1.29 is 17.9 Å². The predicted octanol–water partition coefficient (Wildman–Crippen LogP) is -0.290. The molecule has 1 saturated heterocycles. The molecule has 1 fully saturated rings. The van der Waals surface area contributed by atoms with E-state index >= 15 is 0 Å². The maximum Gasteiger partial charge on any atom is 0.410 e. The highest BCUT2D eigenvalue weighted by Crippen LogP contribution is 2.15. The van der Waals surface area contributed by atoms with Crippen LogP contribution in [-0.2, 0) is 14.8 Å². The van der Waals surface area contributed by atoms with Crippen LogP contribution in [0.2, 0.25) is 0 Å². The number of guanidine groups is 1. The van der Waals surface area contributed by atoms with Gasteiger partial charge in [-0.15, -0.1) is 0 Å². The molecule has 1 amide bonds. The van der Waals surface area contributed by atoms with Gasteiger partial charge in [0.2, 0.25) is 10.0 Å². The van der Waals surface area contributed by atoms with Crippen LogP contribution in [0.15, 0.2) is 4.99 Å². The first kappa shape index (κ1) is 20.5. The minimum atomic E-state index is -3.14. The molecular weight excluding hydrogens is 334 g/mol. The Morgan fingerprint density at radius 3 is 2.42 bits per heavy atom. The second-order valence-corrected chi connectivity index (χ2v) is 8.58. The maximum atomic E-state index is 11.8. The molecule has 10 heteroatoms. The van der Waals surface area contributed by atoms with Crippen molar-refractivity contribution in [2.45, 2.75) is 38.8 Å². The fourth-order valence-corrected chi connectivity index (χ4v) is 2.50. The largest absolute Gasteiger partial charge is 0.444 e. The molecule has 1 aliphatic rings. The maximum absolute atomic E-state index is 11.8. The molecule has 0 spiro atoms. The zero-order valence-electron chi connectivity index (χ0n) is 15.0. The second-order valence-electron chi connectivity index (χ2n) is 6.75. The molecule has 1 rings (SSSR count). The summed E-state index contributed by atoms with van der Waals surface area (Å²) in [5, 5.41) is 6.32. The lowest BCUT2D eigenvalue weighted by atomic mass is 10.1. The molecule has 0 unspecified atom stereocenters. The van der Waals surface area contributed by atoms with Gasteiger partial charge in [-0.1, -0.05) is 0 Å². The van der Waals surface area contributed by atoms with Crippen LogP contribution in [-0.4, -0.2) is 76.5 Å². The molecule has 3 N–H and O–H groups in total. The molecule has 0 atom stereocenters. The molecule has 0 bridgehead atoms. The summed E-state index contributed by atoms with van der Waals surface area (Å²) in [5.74, 6) is 0.628. The lowest BCUT2D eigenvalue weighted by Gasteiger charge is -2.40. The zero-order chi connectivity index (χ0) is 18.4. The Labute approximate surface area is 144 Å². The number of nitrogens with one attached hydrogen (secondary N) is 3. The van der Waals surface area contributed by atoms with E-state index in [9.17, 15) is 13.2 Å². The first-order chi connectivity index (χ1) is 11.0. The number of aliphatic imine (C=N–C) groups is 1. The van der Waals surface area contributed by atoms with Crippen LogP contribution >= 0.6 is 0 Å². The summed E-state index contributed by atoms with van der Waals surface area (Å²) >= 11 is 0.